The molecule has 1 fully saturated rings. The zero-order valence-corrected chi connectivity index (χ0v) is 16.1. The lowest BCUT2D eigenvalue weighted by atomic mass is 10.1. The van der Waals surface area contributed by atoms with Crippen LogP contribution in [0.2, 0.25) is 0 Å². The average molecular weight is 410 g/mol. The van der Waals surface area contributed by atoms with Gasteiger partial charge in [-0.2, -0.15) is 4.68 Å². The summed E-state index contributed by atoms with van der Waals surface area (Å²) < 4.78 is 25.8. The Morgan fingerprint density at radius 2 is 1.87 bits per heavy atom. The lowest BCUT2D eigenvalue weighted by molar-refractivity contribution is 0.0628. The van der Waals surface area contributed by atoms with Gasteiger partial charge < -0.3 is 14.4 Å². The highest BCUT2D eigenvalue weighted by Gasteiger charge is 2.25. The number of ether oxygens (including phenoxy) is 2. The van der Waals surface area contributed by atoms with Crippen LogP contribution in [-0.2, 0) is 6.54 Å². The van der Waals surface area contributed by atoms with E-state index in [0.717, 1.165) is 36.7 Å². The summed E-state index contributed by atoms with van der Waals surface area (Å²) in [4.78, 5) is 17.2. The molecule has 0 saturated carbocycles. The molecule has 9 nitrogen and oxygen atoms in total. The molecule has 2 aliphatic rings. The molecule has 3 heterocycles. The molecule has 30 heavy (non-hydrogen) atoms. The molecule has 0 spiro atoms. The number of amides is 1. The topological polar surface area (TPSA) is 85.6 Å². The molecular weight excluding hydrogens is 391 g/mol. The van der Waals surface area contributed by atoms with Crippen LogP contribution >= 0.6 is 0 Å². The van der Waals surface area contributed by atoms with E-state index in [1.807, 2.05) is 18.2 Å². The third kappa shape index (κ3) is 3.57. The first-order valence-corrected chi connectivity index (χ1v) is 9.60. The molecule has 2 aliphatic heterocycles. The Morgan fingerprint density at radius 3 is 2.67 bits per heavy atom. The number of rotatable bonds is 4. The van der Waals surface area contributed by atoms with E-state index in [-0.39, 0.29) is 12.7 Å². The van der Waals surface area contributed by atoms with Crippen molar-refractivity contribution in [1.29, 1.82) is 0 Å². The van der Waals surface area contributed by atoms with Crippen molar-refractivity contribution in [1.82, 2.24) is 30.0 Å². The number of hydrogen-bond acceptors (Lipinski definition) is 7. The first-order chi connectivity index (χ1) is 14.7. The van der Waals surface area contributed by atoms with E-state index >= 15 is 0 Å². The second-order valence-electron chi connectivity index (χ2n) is 7.17. The molecule has 1 amide bonds. The van der Waals surface area contributed by atoms with Crippen LogP contribution in [0.4, 0.5) is 4.39 Å². The number of carbonyl (C=O) groups is 1. The lowest BCUT2D eigenvalue weighted by Gasteiger charge is -2.35. The van der Waals surface area contributed by atoms with Crippen LogP contribution in [-0.4, -0.2) is 68.9 Å². The van der Waals surface area contributed by atoms with E-state index in [4.69, 9.17) is 9.47 Å². The molecule has 10 heteroatoms. The first kappa shape index (κ1) is 18.5. The van der Waals surface area contributed by atoms with Crippen LogP contribution in [0.15, 0.2) is 42.7 Å². The largest absolute Gasteiger partial charge is 0.454 e. The standard InChI is InChI=1S/C20H19FN6O3/c21-15-2-3-16(17(10-15)27-12-22-23-24-27)20(28)26-7-5-25(6-8-26)11-14-1-4-18-19(9-14)30-13-29-18/h1-4,9-10,12H,5-8,11,13H2. The van der Waals surface area contributed by atoms with Crippen molar-refractivity contribution in [3.8, 4) is 17.2 Å². The van der Waals surface area contributed by atoms with Crippen LogP contribution in [0, 0.1) is 5.82 Å². The number of piperazine rings is 1. The van der Waals surface area contributed by atoms with Gasteiger partial charge >= 0.3 is 0 Å². The van der Waals surface area contributed by atoms with Gasteiger partial charge in [0.05, 0.1) is 11.3 Å². The van der Waals surface area contributed by atoms with Crippen molar-refractivity contribution < 1.29 is 18.7 Å². The SMILES string of the molecule is O=C(c1ccc(F)cc1-n1cnnn1)N1CCN(Cc2ccc3c(c2)OCO3)CC1. The van der Waals surface area contributed by atoms with Gasteiger partial charge in [-0.25, -0.2) is 4.39 Å². The van der Waals surface area contributed by atoms with E-state index in [1.165, 1.54) is 29.2 Å². The minimum atomic E-state index is -0.453. The zero-order valence-electron chi connectivity index (χ0n) is 16.1. The highest BCUT2D eigenvalue weighted by Crippen LogP contribution is 2.32. The van der Waals surface area contributed by atoms with Gasteiger partial charge in [0.25, 0.3) is 5.91 Å². The first-order valence-electron chi connectivity index (χ1n) is 9.60. The number of aromatic nitrogens is 4. The normalized spacial score (nSPS) is 16.1. The van der Waals surface area contributed by atoms with Crippen LogP contribution in [0.3, 0.4) is 0 Å². The van der Waals surface area contributed by atoms with Crippen molar-refractivity contribution in [3.63, 3.8) is 0 Å². The number of fused-ring (bicyclic) bond motifs is 1. The molecule has 0 unspecified atom stereocenters. The average Bonchev–Trinajstić information content (AvgIpc) is 3.45. The third-order valence-corrected chi connectivity index (χ3v) is 5.29. The van der Waals surface area contributed by atoms with Gasteiger partial charge in [0.2, 0.25) is 6.79 Å². The summed E-state index contributed by atoms with van der Waals surface area (Å²) in [6.45, 7) is 3.66. The summed E-state index contributed by atoms with van der Waals surface area (Å²) in [6.07, 6.45) is 1.34. The van der Waals surface area contributed by atoms with Crippen LogP contribution in [0.25, 0.3) is 5.69 Å². The smallest absolute Gasteiger partial charge is 0.256 e. The molecule has 3 aromatic rings. The van der Waals surface area contributed by atoms with E-state index in [9.17, 15) is 9.18 Å². The van der Waals surface area contributed by atoms with Crippen molar-refractivity contribution in [2.45, 2.75) is 6.54 Å². The number of benzene rings is 2. The van der Waals surface area contributed by atoms with Crippen molar-refractivity contribution in [3.05, 3.63) is 59.7 Å². The quantitative estimate of drug-likeness (QED) is 0.644. The maximum absolute atomic E-state index is 13.8. The Hall–Kier alpha value is -3.53. The van der Waals surface area contributed by atoms with E-state index in [0.29, 0.717) is 24.3 Å². The van der Waals surface area contributed by atoms with Gasteiger partial charge in [-0.1, -0.05) is 6.07 Å². The van der Waals surface area contributed by atoms with Gasteiger partial charge in [-0.05, 0) is 40.3 Å². The third-order valence-electron chi connectivity index (χ3n) is 5.29. The minimum absolute atomic E-state index is 0.164. The van der Waals surface area contributed by atoms with Gasteiger partial charge in [-0.15, -0.1) is 5.10 Å². The molecule has 0 radical (unpaired) electrons. The highest BCUT2D eigenvalue weighted by molar-refractivity contribution is 5.97. The molecule has 154 valence electrons. The van der Waals surface area contributed by atoms with Crippen LogP contribution < -0.4 is 9.47 Å². The fourth-order valence-electron chi connectivity index (χ4n) is 3.72. The highest BCUT2D eigenvalue weighted by atomic mass is 19.1. The number of carbonyl (C=O) groups excluding carboxylic acids is 1. The maximum Gasteiger partial charge on any atom is 0.256 e. The van der Waals surface area contributed by atoms with Crippen LogP contribution in [0.1, 0.15) is 15.9 Å². The molecule has 0 aliphatic carbocycles. The number of halogens is 1. The Kier molecular flexibility index (Phi) is 4.75. The van der Waals surface area contributed by atoms with Crippen molar-refractivity contribution >= 4 is 5.91 Å². The lowest BCUT2D eigenvalue weighted by Crippen LogP contribution is -2.48. The Morgan fingerprint density at radius 1 is 1.03 bits per heavy atom. The molecule has 2 aromatic carbocycles. The zero-order chi connectivity index (χ0) is 20.5. The summed E-state index contributed by atoms with van der Waals surface area (Å²) in [5, 5.41) is 10.9. The monoisotopic (exact) mass is 410 g/mol. The predicted octanol–water partition coefficient (Wildman–Crippen LogP) is 1.49. The second kappa shape index (κ2) is 7.71. The molecule has 1 aromatic heterocycles. The van der Waals surface area contributed by atoms with Crippen molar-refractivity contribution in [2.24, 2.45) is 0 Å². The van der Waals surface area contributed by atoms with Gasteiger partial charge in [0, 0.05) is 38.8 Å². The fourth-order valence-corrected chi connectivity index (χ4v) is 3.72. The minimum Gasteiger partial charge on any atom is -0.454 e. The Bertz CT molecular complexity index is 1070. The second-order valence-corrected chi connectivity index (χ2v) is 7.17. The molecule has 0 atom stereocenters. The number of hydrogen-bond donors (Lipinski definition) is 0. The maximum atomic E-state index is 13.8. The summed E-state index contributed by atoms with van der Waals surface area (Å²) >= 11 is 0. The van der Waals surface area contributed by atoms with Crippen molar-refractivity contribution in [2.75, 3.05) is 33.0 Å². The molecular formula is C20H19FN6O3. The predicted molar refractivity (Wildman–Crippen MR) is 103 cm³/mol. The summed E-state index contributed by atoms with van der Waals surface area (Å²) in [6, 6.07) is 9.97. The molecule has 0 bridgehead atoms. The van der Waals surface area contributed by atoms with Crippen LogP contribution in [0.5, 0.6) is 11.5 Å². The molecule has 0 N–H and O–H groups in total. The Labute approximate surface area is 171 Å². The van der Waals surface area contributed by atoms with Gasteiger partial charge in [-0.3, -0.25) is 9.69 Å². The number of nitrogens with zero attached hydrogens (tertiary/aromatic N) is 6. The molecule has 5 rings (SSSR count). The van der Waals surface area contributed by atoms with E-state index in [2.05, 4.69) is 20.4 Å². The van der Waals surface area contributed by atoms with Gasteiger partial charge in [0.1, 0.15) is 12.1 Å². The molecule has 1 saturated heterocycles. The summed E-state index contributed by atoms with van der Waals surface area (Å²) in [5.74, 6) is 0.924. The summed E-state index contributed by atoms with van der Waals surface area (Å²) in [5.41, 5.74) is 1.83. The number of tetrazole rings is 1. The van der Waals surface area contributed by atoms with E-state index in [1.54, 1.807) is 4.90 Å². The summed E-state index contributed by atoms with van der Waals surface area (Å²) in [7, 11) is 0. The van der Waals surface area contributed by atoms with Gasteiger partial charge in [0.15, 0.2) is 11.5 Å². The Balaban J connectivity index is 1.25. The van der Waals surface area contributed by atoms with E-state index < -0.39 is 5.82 Å². The fraction of sp³-hybridized carbons (Fsp3) is 0.300.